The fourth-order valence-electron chi connectivity index (χ4n) is 1.89. The smallest absolute Gasteiger partial charge is 0.163 e. The molecule has 2 rings (SSSR count). The number of carbonyl (C=O) groups excluding carboxylic acids is 1. The van der Waals surface area contributed by atoms with E-state index >= 15 is 0 Å². The monoisotopic (exact) mass is 245 g/mol. The number of carbonyl (C=O) groups is 1. The first-order valence-corrected chi connectivity index (χ1v) is 6.14. The van der Waals surface area contributed by atoms with Crippen molar-refractivity contribution in [3.05, 3.63) is 29.6 Å². The molecule has 3 N–H and O–H groups in total. The number of nitrogens with one attached hydrogen (secondary N) is 1. The molecule has 18 heavy (non-hydrogen) atoms. The van der Waals surface area contributed by atoms with E-state index in [0.717, 1.165) is 22.4 Å². The summed E-state index contributed by atoms with van der Waals surface area (Å²) < 4.78 is 0. The molecule has 0 unspecified atom stereocenters. The minimum atomic E-state index is -0.301. The lowest BCUT2D eigenvalue weighted by Crippen LogP contribution is -2.32. The number of Topliss-reactive ketones (excluding diaryl/α,β-unsaturated/α-hetero) is 1. The largest absolute Gasteiger partial charge is 0.342 e. The Morgan fingerprint density at radius 1 is 1.44 bits per heavy atom. The summed E-state index contributed by atoms with van der Waals surface area (Å²) in [6, 6.07) is 5.56. The van der Waals surface area contributed by atoms with E-state index in [0.29, 0.717) is 12.8 Å². The van der Waals surface area contributed by atoms with E-state index in [-0.39, 0.29) is 11.3 Å². The molecular weight excluding hydrogens is 226 g/mol. The lowest BCUT2D eigenvalue weighted by Gasteiger charge is -2.17. The molecule has 1 aromatic carbocycles. The summed E-state index contributed by atoms with van der Waals surface area (Å²) in [6.45, 7) is 5.77. The number of hydrogen-bond donors (Lipinski definition) is 2. The van der Waals surface area contributed by atoms with Crippen LogP contribution in [0.4, 0.5) is 0 Å². The normalized spacial score (nSPS) is 12.0. The van der Waals surface area contributed by atoms with Gasteiger partial charge in [-0.15, -0.1) is 0 Å². The third kappa shape index (κ3) is 2.96. The van der Waals surface area contributed by atoms with Gasteiger partial charge in [0.1, 0.15) is 5.82 Å². The van der Waals surface area contributed by atoms with Crippen molar-refractivity contribution in [2.45, 2.75) is 39.2 Å². The number of ketones is 1. The molecule has 1 aromatic heterocycles. The molecular formula is C14H19N3O. The van der Waals surface area contributed by atoms with E-state index in [1.807, 2.05) is 39.0 Å². The van der Waals surface area contributed by atoms with Crippen molar-refractivity contribution in [3.8, 4) is 0 Å². The number of rotatable bonds is 4. The molecule has 4 heteroatoms. The predicted octanol–water partition coefficient (Wildman–Crippen LogP) is 2.57. The zero-order chi connectivity index (χ0) is 13.3. The summed E-state index contributed by atoms with van der Waals surface area (Å²) in [6.07, 6.45) is 1.16. The van der Waals surface area contributed by atoms with Crippen molar-refractivity contribution >= 4 is 16.8 Å². The van der Waals surface area contributed by atoms with Gasteiger partial charge < -0.3 is 10.7 Å². The van der Waals surface area contributed by atoms with Gasteiger partial charge in [-0.05, 0) is 45.4 Å². The van der Waals surface area contributed by atoms with Crippen molar-refractivity contribution < 1.29 is 4.79 Å². The minimum absolute atomic E-state index is 0.127. The Kier molecular flexibility index (Phi) is 3.22. The molecule has 4 nitrogen and oxygen atoms in total. The van der Waals surface area contributed by atoms with Crippen LogP contribution in [0.25, 0.3) is 11.0 Å². The number of hydrogen-bond acceptors (Lipinski definition) is 3. The van der Waals surface area contributed by atoms with Gasteiger partial charge in [0, 0.05) is 17.5 Å². The van der Waals surface area contributed by atoms with Gasteiger partial charge in [-0.25, -0.2) is 4.98 Å². The number of aryl methyl sites for hydroxylation is 1. The van der Waals surface area contributed by atoms with Crippen molar-refractivity contribution in [1.29, 1.82) is 0 Å². The molecule has 0 spiro atoms. The fourth-order valence-corrected chi connectivity index (χ4v) is 1.89. The highest BCUT2D eigenvalue weighted by Crippen LogP contribution is 2.17. The Morgan fingerprint density at radius 2 is 2.17 bits per heavy atom. The number of imidazole rings is 1. The lowest BCUT2D eigenvalue weighted by molar-refractivity contribution is 0.0972. The van der Waals surface area contributed by atoms with Crippen LogP contribution >= 0.6 is 0 Å². The van der Waals surface area contributed by atoms with Crippen molar-refractivity contribution in [3.63, 3.8) is 0 Å². The highest BCUT2D eigenvalue weighted by atomic mass is 16.1. The minimum Gasteiger partial charge on any atom is -0.342 e. The highest BCUT2D eigenvalue weighted by molar-refractivity contribution is 5.98. The summed E-state index contributed by atoms with van der Waals surface area (Å²) in [5, 5.41) is 0. The molecule has 0 aliphatic carbocycles. The van der Waals surface area contributed by atoms with Crippen LogP contribution in [0.2, 0.25) is 0 Å². The number of fused-ring (bicyclic) bond motifs is 1. The van der Waals surface area contributed by atoms with Crippen LogP contribution in [0.1, 0.15) is 42.9 Å². The van der Waals surface area contributed by atoms with E-state index in [2.05, 4.69) is 9.97 Å². The first-order valence-electron chi connectivity index (χ1n) is 6.14. The predicted molar refractivity (Wildman–Crippen MR) is 72.7 cm³/mol. The van der Waals surface area contributed by atoms with Gasteiger partial charge in [0.05, 0.1) is 11.0 Å². The number of H-pyrrole nitrogens is 1. The topological polar surface area (TPSA) is 71.8 Å². The van der Waals surface area contributed by atoms with Crippen LogP contribution in [0.15, 0.2) is 18.2 Å². The van der Waals surface area contributed by atoms with Gasteiger partial charge in [-0.1, -0.05) is 0 Å². The first kappa shape index (κ1) is 12.8. The average Bonchev–Trinajstić information content (AvgIpc) is 2.63. The Balaban J connectivity index is 2.17. The third-order valence-corrected chi connectivity index (χ3v) is 2.92. The second-order valence-electron chi connectivity index (χ2n) is 5.47. The molecule has 0 saturated heterocycles. The van der Waals surface area contributed by atoms with Crippen LogP contribution in [-0.4, -0.2) is 21.3 Å². The highest BCUT2D eigenvalue weighted by Gasteiger charge is 2.15. The van der Waals surface area contributed by atoms with Gasteiger partial charge in [0.15, 0.2) is 5.78 Å². The molecule has 0 bridgehead atoms. The third-order valence-electron chi connectivity index (χ3n) is 2.92. The zero-order valence-electron chi connectivity index (χ0n) is 11.1. The Hall–Kier alpha value is -1.68. The van der Waals surface area contributed by atoms with Crippen LogP contribution in [0.5, 0.6) is 0 Å². The standard InChI is InChI=1S/C14H19N3O/c1-9-16-11-5-4-10(8-12(11)17-9)13(18)6-7-14(2,3)15/h4-5,8H,6-7,15H2,1-3H3,(H,16,17). The van der Waals surface area contributed by atoms with Crippen molar-refractivity contribution in [2.75, 3.05) is 0 Å². The maximum absolute atomic E-state index is 12.1. The number of aromatic amines is 1. The number of nitrogens with zero attached hydrogens (tertiary/aromatic N) is 1. The summed E-state index contributed by atoms with van der Waals surface area (Å²) in [7, 11) is 0. The van der Waals surface area contributed by atoms with E-state index in [1.54, 1.807) is 0 Å². The van der Waals surface area contributed by atoms with E-state index in [1.165, 1.54) is 0 Å². The average molecular weight is 245 g/mol. The van der Waals surface area contributed by atoms with Gasteiger partial charge >= 0.3 is 0 Å². The van der Waals surface area contributed by atoms with E-state index in [4.69, 9.17) is 5.73 Å². The second kappa shape index (κ2) is 4.53. The molecule has 0 saturated carbocycles. The summed E-state index contributed by atoms with van der Waals surface area (Å²) in [5.41, 5.74) is 8.10. The van der Waals surface area contributed by atoms with E-state index < -0.39 is 0 Å². The quantitative estimate of drug-likeness (QED) is 0.813. The van der Waals surface area contributed by atoms with Crippen molar-refractivity contribution in [2.24, 2.45) is 5.73 Å². The molecule has 0 fully saturated rings. The molecule has 0 radical (unpaired) electrons. The number of aromatic nitrogens is 2. The number of nitrogens with two attached hydrogens (primary N) is 1. The van der Waals surface area contributed by atoms with E-state index in [9.17, 15) is 4.79 Å². The second-order valence-corrected chi connectivity index (χ2v) is 5.47. The lowest BCUT2D eigenvalue weighted by atomic mass is 9.96. The van der Waals surface area contributed by atoms with Crippen molar-refractivity contribution in [1.82, 2.24) is 9.97 Å². The summed E-state index contributed by atoms with van der Waals surface area (Å²) in [4.78, 5) is 19.5. The van der Waals surface area contributed by atoms with Gasteiger partial charge in [-0.3, -0.25) is 4.79 Å². The maximum atomic E-state index is 12.1. The Morgan fingerprint density at radius 3 is 2.83 bits per heavy atom. The molecule has 96 valence electrons. The fraction of sp³-hybridized carbons (Fsp3) is 0.429. The van der Waals surface area contributed by atoms with Gasteiger partial charge in [0.25, 0.3) is 0 Å². The van der Waals surface area contributed by atoms with Crippen LogP contribution in [-0.2, 0) is 0 Å². The first-order chi connectivity index (χ1) is 8.35. The van der Waals surface area contributed by atoms with Crippen LogP contribution in [0.3, 0.4) is 0 Å². The molecule has 0 atom stereocenters. The molecule has 1 heterocycles. The SMILES string of the molecule is Cc1nc2ccc(C(=O)CCC(C)(C)N)cc2[nH]1. The summed E-state index contributed by atoms with van der Waals surface area (Å²) >= 11 is 0. The number of benzene rings is 1. The Labute approximate surface area is 107 Å². The Bertz CT molecular complexity index is 578. The van der Waals surface area contributed by atoms with Gasteiger partial charge in [-0.2, -0.15) is 0 Å². The van der Waals surface area contributed by atoms with Crippen LogP contribution < -0.4 is 5.73 Å². The molecule has 0 aliphatic rings. The van der Waals surface area contributed by atoms with Crippen LogP contribution in [0, 0.1) is 6.92 Å². The molecule has 0 amide bonds. The molecule has 2 aromatic rings. The maximum Gasteiger partial charge on any atom is 0.163 e. The summed E-state index contributed by atoms with van der Waals surface area (Å²) in [5.74, 6) is 0.986. The zero-order valence-corrected chi connectivity index (χ0v) is 11.1. The van der Waals surface area contributed by atoms with Gasteiger partial charge in [0.2, 0.25) is 0 Å². The molecule has 0 aliphatic heterocycles.